The van der Waals surface area contributed by atoms with E-state index in [1.165, 1.54) is 14.2 Å². The van der Waals surface area contributed by atoms with E-state index in [0.717, 1.165) is 11.6 Å². The van der Waals surface area contributed by atoms with Gasteiger partial charge in [0.05, 0.1) is 25.3 Å². The van der Waals surface area contributed by atoms with Crippen molar-refractivity contribution >= 4 is 45.2 Å². The van der Waals surface area contributed by atoms with Gasteiger partial charge in [-0.15, -0.1) is 0 Å². The molecule has 0 atom stereocenters. The number of anilines is 1. The summed E-state index contributed by atoms with van der Waals surface area (Å²) in [6.45, 7) is 1.81. The molecule has 0 radical (unpaired) electrons. The average molecular weight is 363 g/mol. The van der Waals surface area contributed by atoms with Crippen LogP contribution in [0, 0.1) is 6.92 Å². The van der Waals surface area contributed by atoms with Gasteiger partial charge in [-0.2, -0.15) is 0 Å². The van der Waals surface area contributed by atoms with E-state index < -0.39 is 11.9 Å². The number of esters is 2. The second kappa shape index (κ2) is 7.31. The van der Waals surface area contributed by atoms with E-state index >= 15 is 0 Å². The van der Waals surface area contributed by atoms with Crippen molar-refractivity contribution in [3.05, 3.63) is 39.0 Å². The van der Waals surface area contributed by atoms with Crippen molar-refractivity contribution in [1.29, 1.82) is 0 Å². The molecule has 20 heavy (non-hydrogen) atoms. The number of methoxy groups -OCH3 is 2. The van der Waals surface area contributed by atoms with Crippen molar-refractivity contribution in [2.24, 2.45) is 0 Å². The monoisotopic (exact) mass is 361 g/mol. The minimum Gasteiger partial charge on any atom is -0.466 e. The van der Waals surface area contributed by atoms with E-state index in [4.69, 9.17) is 11.6 Å². The van der Waals surface area contributed by atoms with E-state index in [1.807, 2.05) is 6.92 Å². The number of rotatable bonds is 4. The van der Waals surface area contributed by atoms with Crippen molar-refractivity contribution in [1.82, 2.24) is 0 Å². The molecule has 1 N–H and O–H groups in total. The lowest BCUT2D eigenvalue weighted by atomic mass is 10.2. The maximum atomic E-state index is 11.6. The molecular weight excluding hydrogens is 350 g/mol. The maximum Gasteiger partial charge on any atom is 0.354 e. The molecule has 1 aromatic rings. The molecule has 0 fully saturated rings. The number of hydrogen-bond acceptors (Lipinski definition) is 5. The first-order valence-electron chi connectivity index (χ1n) is 5.49. The third-order valence-electron chi connectivity index (χ3n) is 2.41. The quantitative estimate of drug-likeness (QED) is 0.659. The topological polar surface area (TPSA) is 64.6 Å². The van der Waals surface area contributed by atoms with Gasteiger partial charge in [0, 0.05) is 10.2 Å². The van der Waals surface area contributed by atoms with Crippen LogP contribution in [-0.2, 0) is 19.1 Å². The Hall–Kier alpha value is -1.53. The van der Waals surface area contributed by atoms with Crippen molar-refractivity contribution in [3.63, 3.8) is 0 Å². The van der Waals surface area contributed by atoms with Gasteiger partial charge in [0.15, 0.2) is 0 Å². The van der Waals surface area contributed by atoms with Crippen LogP contribution in [0.2, 0.25) is 5.02 Å². The highest BCUT2D eigenvalue weighted by Gasteiger charge is 2.14. The third kappa shape index (κ3) is 4.25. The van der Waals surface area contributed by atoms with Gasteiger partial charge in [-0.25, -0.2) is 9.59 Å². The summed E-state index contributed by atoms with van der Waals surface area (Å²) in [5.41, 5.74) is 1.39. The van der Waals surface area contributed by atoms with Crippen LogP contribution in [0.5, 0.6) is 0 Å². The zero-order chi connectivity index (χ0) is 15.3. The number of ether oxygens (including phenoxy) is 2. The molecule has 0 heterocycles. The van der Waals surface area contributed by atoms with E-state index in [0.29, 0.717) is 15.2 Å². The second-order valence-corrected chi connectivity index (χ2v) is 5.04. The minimum absolute atomic E-state index is 0.0309. The summed E-state index contributed by atoms with van der Waals surface area (Å²) in [7, 11) is 2.44. The van der Waals surface area contributed by atoms with Crippen LogP contribution in [0.4, 0.5) is 5.69 Å². The van der Waals surface area contributed by atoms with Crippen LogP contribution in [0.25, 0.3) is 0 Å². The van der Waals surface area contributed by atoms with Crippen LogP contribution >= 0.6 is 27.5 Å². The minimum atomic E-state index is -0.680. The molecule has 0 saturated carbocycles. The van der Waals surface area contributed by atoms with Crippen molar-refractivity contribution in [2.45, 2.75) is 6.92 Å². The number of carbonyl (C=O) groups excluding carboxylic acids is 2. The normalized spacial score (nSPS) is 10.9. The Bertz CT molecular complexity index is 572. The largest absolute Gasteiger partial charge is 0.466 e. The van der Waals surface area contributed by atoms with E-state index in [1.54, 1.807) is 12.1 Å². The molecule has 108 valence electrons. The smallest absolute Gasteiger partial charge is 0.354 e. The van der Waals surface area contributed by atoms with Crippen molar-refractivity contribution in [2.75, 3.05) is 19.5 Å². The zero-order valence-corrected chi connectivity index (χ0v) is 13.5. The molecule has 0 aliphatic heterocycles. The van der Waals surface area contributed by atoms with Gasteiger partial charge in [-0.1, -0.05) is 11.6 Å². The third-order valence-corrected chi connectivity index (χ3v) is 3.60. The van der Waals surface area contributed by atoms with Crippen LogP contribution in [0.3, 0.4) is 0 Å². The SMILES string of the molecule is COC(=O)/C=C(/Nc1cc(Br)c(Cl)cc1C)C(=O)OC. The first-order chi connectivity index (χ1) is 9.38. The van der Waals surface area contributed by atoms with E-state index in [9.17, 15) is 9.59 Å². The molecule has 1 rings (SSSR count). The van der Waals surface area contributed by atoms with Gasteiger partial charge in [0.25, 0.3) is 0 Å². The van der Waals surface area contributed by atoms with Gasteiger partial charge >= 0.3 is 11.9 Å². The predicted molar refractivity (Wildman–Crippen MR) is 79.6 cm³/mol. The zero-order valence-electron chi connectivity index (χ0n) is 11.1. The fourth-order valence-electron chi connectivity index (χ4n) is 1.36. The number of benzene rings is 1. The number of halogens is 2. The first-order valence-corrected chi connectivity index (χ1v) is 6.66. The highest BCUT2D eigenvalue weighted by atomic mass is 79.9. The molecule has 1 aromatic carbocycles. The first kappa shape index (κ1) is 16.5. The fourth-order valence-corrected chi connectivity index (χ4v) is 1.92. The van der Waals surface area contributed by atoms with Gasteiger partial charge in [-0.05, 0) is 40.5 Å². The Morgan fingerprint density at radius 3 is 2.50 bits per heavy atom. The van der Waals surface area contributed by atoms with Crippen LogP contribution in [0.15, 0.2) is 28.4 Å². The summed E-state index contributed by atoms with van der Waals surface area (Å²) < 4.78 is 9.76. The van der Waals surface area contributed by atoms with Crippen LogP contribution in [-0.4, -0.2) is 26.2 Å². The average Bonchev–Trinajstić information content (AvgIpc) is 2.42. The maximum absolute atomic E-state index is 11.6. The van der Waals surface area contributed by atoms with Gasteiger partial charge in [0.2, 0.25) is 0 Å². The number of nitrogens with one attached hydrogen (secondary N) is 1. The summed E-state index contributed by atoms with van der Waals surface area (Å²) >= 11 is 9.25. The van der Waals surface area contributed by atoms with E-state index in [-0.39, 0.29) is 5.70 Å². The highest BCUT2D eigenvalue weighted by molar-refractivity contribution is 9.10. The number of carbonyl (C=O) groups is 2. The van der Waals surface area contributed by atoms with Crippen molar-refractivity contribution < 1.29 is 19.1 Å². The standard InChI is InChI=1S/C13H13BrClNO4/c1-7-4-9(15)8(14)5-10(7)16-11(13(18)20-3)6-12(17)19-2/h4-6,16H,1-3H3/b11-6+. The second-order valence-electron chi connectivity index (χ2n) is 3.78. The van der Waals surface area contributed by atoms with Gasteiger partial charge < -0.3 is 14.8 Å². The van der Waals surface area contributed by atoms with Gasteiger partial charge in [-0.3, -0.25) is 0 Å². The molecule has 0 aliphatic carbocycles. The Morgan fingerprint density at radius 2 is 1.95 bits per heavy atom. The lowest BCUT2D eigenvalue weighted by molar-refractivity contribution is -0.138. The molecule has 0 amide bonds. The summed E-state index contributed by atoms with van der Waals surface area (Å²) in [4.78, 5) is 22.9. The van der Waals surface area contributed by atoms with Crippen LogP contribution in [0.1, 0.15) is 5.56 Å². The summed E-state index contributed by atoms with van der Waals surface area (Å²) in [6.07, 6.45) is 1.02. The van der Waals surface area contributed by atoms with Crippen molar-refractivity contribution in [3.8, 4) is 0 Å². The number of aryl methyl sites for hydroxylation is 1. The summed E-state index contributed by atoms with van der Waals surface area (Å²) in [5, 5.41) is 3.37. The molecule has 0 aliphatic rings. The Kier molecular flexibility index (Phi) is 6.04. The molecule has 0 aromatic heterocycles. The summed E-state index contributed by atoms with van der Waals surface area (Å²) in [6, 6.07) is 3.42. The Labute approximate surface area is 130 Å². The van der Waals surface area contributed by atoms with Crippen LogP contribution < -0.4 is 5.32 Å². The molecule has 0 unspecified atom stereocenters. The molecule has 7 heteroatoms. The molecule has 0 spiro atoms. The Morgan fingerprint density at radius 1 is 1.30 bits per heavy atom. The highest BCUT2D eigenvalue weighted by Crippen LogP contribution is 2.29. The Balaban J connectivity index is 3.14. The number of hydrogen-bond donors (Lipinski definition) is 1. The predicted octanol–water partition coefficient (Wildman–Crippen LogP) is 3.05. The van der Waals surface area contributed by atoms with Gasteiger partial charge in [0.1, 0.15) is 5.70 Å². The molecule has 0 saturated heterocycles. The van der Waals surface area contributed by atoms with E-state index in [2.05, 4.69) is 30.7 Å². The molecular formula is C13H13BrClNO4. The summed E-state index contributed by atoms with van der Waals surface area (Å²) in [5.74, 6) is -1.34. The lowest BCUT2D eigenvalue weighted by Crippen LogP contribution is -2.16. The lowest BCUT2D eigenvalue weighted by Gasteiger charge is -2.12. The fraction of sp³-hybridized carbons (Fsp3) is 0.231. The molecule has 5 nitrogen and oxygen atoms in total. The molecule has 0 bridgehead atoms.